The van der Waals surface area contributed by atoms with E-state index in [2.05, 4.69) is 37.5 Å². The summed E-state index contributed by atoms with van der Waals surface area (Å²) < 4.78 is 0. The molecule has 0 aliphatic rings. The van der Waals surface area contributed by atoms with Crippen molar-refractivity contribution in [1.82, 2.24) is 0 Å². The summed E-state index contributed by atoms with van der Waals surface area (Å²) in [7, 11) is 0. The van der Waals surface area contributed by atoms with Crippen LogP contribution in [0.25, 0.3) is 5.76 Å². The third-order valence-electron chi connectivity index (χ3n) is 2.62. The van der Waals surface area contributed by atoms with E-state index in [1.165, 1.54) is 0 Å². The van der Waals surface area contributed by atoms with Gasteiger partial charge in [0, 0.05) is 29.2 Å². The van der Waals surface area contributed by atoms with Crippen molar-refractivity contribution in [2.24, 2.45) is 0 Å². The monoisotopic (exact) mass is 237 g/mol. The Balaban J connectivity index is 3.21. The Hall–Kier alpha value is -1.09. The van der Waals surface area contributed by atoms with Gasteiger partial charge in [-0.1, -0.05) is 6.58 Å². The Morgan fingerprint density at radius 3 is 2.44 bits per heavy atom. The van der Waals surface area contributed by atoms with Crippen molar-refractivity contribution >= 4 is 23.2 Å². The molecule has 0 saturated heterocycles. The second kappa shape index (κ2) is 5.85. The highest BCUT2D eigenvalue weighted by molar-refractivity contribution is 7.98. The number of hydrogen-bond donors (Lipinski definition) is 1. The predicted octanol–water partition coefficient (Wildman–Crippen LogP) is 3.78. The molecule has 3 heteroatoms. The van der Waals surface area contributed by atoms with Crippen LogP contribution in [0.4, 0.5) is 5.69 Å². The Morgan fingerprint density at radius 1 is 1.38 bits per heavy atom. The molecule has 2 nitrogen and oxygen atoms in total. The fourth-order valence-corrected chi connectivity index (χ4v) is 2.15. The second-order valence-electron chi connectivity index (χ2n) is 3.50. The smallest absolute Gasteiger partial charge is 0.117 e. The third kappa shape index (κ3) is 2.73. The van der Waals surface area contributed by atoms with Crippen molar-refractivity contribution in [2.45, 2.75) is 18.7 Å². The molecule has 1 aromatic rings. The molecule has 0 aromatic heterocycles. The van der Waals surface area contributed by atoms with E-state index in [9.17, 15) is 5.11 Å². The van der Waals surface area contributed by atoms with E-state index in [1.54, 1.807) is 11.8 Å². The van der Waals surface area contributed by atoms with Crippen molar-refractivity contribution in [3.05, 3.63) is 30.3 Å². The van der Waals surface area contributed by atoms with Crippen molar-refractivity contribution in [2.75, 3.05) is 24.2 Å². The maximum Gasteiger partial charge on any atom is 0.117 e. The summed E-state index contributed by atoms with van der Waals surface area (Å²) in [6.45, 7) is 9.70. The zero-order valence-electron chi connectivity index (χ0n) is 10.2. The maximum atomic E-state index is 9.63. The van der Waals surface area contributed by atoms with Crippen molar-refractivity contribution in [3.8, 4) is 0 Å². The van der Waals surface area contributed by atoms with Gasteiger partial charge in [-0.05, 0) is 38.3 Å². The van der Waals surface area contributed by atoms with Gasteiger partial charge in [0.1, 0.15) is 5.76 Å². The number of nitrogens with zero attached hydrogens (tertiary/aromatic N) is 1. The van der Waals surface area contributed by atoms with E-state index in [1.807, 2.05) is 12.3 Å². The van der Waals surface area contributed by atoms with Gasteiger partial charge in [-0.3, -0.25) is 0 Å². The van der Waals surface area contributed by atoms with Crippen LogP contribution in [0.5, 0.6) is 0 Å². The first-order valence-electron chi connectivity index (χ1n) is 5.45. The maximum absolute atomic E-state index is 9.63. The molecule has 0 unspecified atom stereocenters. The minimum atomic E-state index is 0.137. The molecule has 1 aromatic carbocycles. The lowest BCUT2D eigenvalue weighted by molar-refractivity contribution is 0.513. The summed E-state index contributed by atoms with van der Waals surface area (Å²) >= 11 is 1.67. The number of thioether (sulfide) groups is 1. The summed E-state index contributed by atoms with van der Waals surface area (Å²) in [6, 6.07) is 6.11. The number of benzene rings is 1. The van der Waals surface area contributed by atoms with Crippen LogP contribution in [0.15, 0.2) is 29.7 Å². The van der Waals surface area contributed by atoms with Crippen LogP contribution in [-0.2, 0) is 0 Å². The number of anilines is 1. The molecule has 0 radical (unpaired) electrons. The first-order chi connectivity index (χ1) is 7.63. The average Bonchev–Trinajstić information content (AvgIpc) is 2.30. The minimum Gasteiger partial charge on any atom is -0.508 e. The van der Waals surface area contributed by atoms with Gasteiger partial charge in [0.25, 0.3) is 0 Å². The molecule has 88 valence electrons. The molecule has 0 aliphatic carbocycles. The summed E-state index contributed by atoms with van der Waals surface area (Å²) in [5, 5.41) is 9.63. The Kier molecular flexibility index (Phi) is 4.74. The normalized spacial score (nSPS) is 10.2. The molecule has 0 atom stereocenters. The molecule has 0 heterocycles. The first-order valence-corrected chi connectivity index (χ1v) is 6.67. The van der Waals surface area contributed by atoms with Crippen molar-refractivity contribution in [1.29, 1.82) is 0 Å². The van der Waals surface area contributed by atoms with Crippen LogP contribution < -0.4 is 4.90 Å². The van der Waals surface area contributed by atoms with E-state index in [0.717, 1.165) is 29.2 Å². The van der Waals surface area contributed by atoms with E-state index >= 15 is 0 Å². The Labute approximate surface area is 102 Å². The van der Waals surface area contributed by atoms with E-state index < -0.39 is 0 Å². The van der Waals surface area contributed by atoms with E-state index in [0.29, 0.717) is 0 Å². The zero-order valence-corrected chi connectivity index (χ0v) is 11.0. The lowest BCUT2D eigenvalue weighted by Crippen LogP contribution is -2.23. The minimum absolute atomic E-state index is 0.137. The van der Waals surface area contributed by atoms with Gasteiger partial charge in [-0.2, -0.15) is 0 Å². The quantitative estimate of drug-likeness (QED) is 0.622. The van der Waals surface area contributed by atoms with Crippen LogP contribution in [0.1, 0.15) is 19.4 Å². The molecular formula is C13H19NOS. The Bertz CT molecular complexity index is 372. The summed E-state index contributed by atoms with van der Waals surface area (Å²) in [6.07, 6.45) is 2.02. The molecule has 16 heavy (non-hydrogen) atoms. The van der Waals surface area contributed by atoms with E-state index in [-0.39, 0.29) is 5.76 Å². The summed E-state index contributed by atoms with van der Waals surface area (Å²) in [5.41, 5.74) is 1.88. The molecule has 0 saturated carbocycles. The van der Waals surface area contributed by atoms with Gasteiger partial charge in [0.05, 0.1) is 0 Å². The molecular weight excluding hydrogens is 218 g/mol. The highest BCUT2D eigenvalue weighted by Crippen LogP contribution is 2.29. The fourth-order valence-electron chi connectivity index (χ4n) is 1.71. The third-order valence-corrected chi connectivity index (χ3v) is 3.34. The van der Waals surface area contributed by atoms with Crippen LogP contribution in [-0.4, -0.2) is 24.5 Å². The number of rotatable bonds is 5. The molecule has 0 fully saturated rings. The fraction of sp³-hybridized carbons (Fsp3) is 0.385. The lowest BCUT2D eigenvalue weighted by atomic mass is 10.1. The molecule has 0 spiro atoms. The summed E-state index contributed by atoms with van der Waals surface area (Å²) in [4.78, 5) is 3.35. The van der Waals surface area contributed by atoms with Crippen LogP contribution in [0.2, 0.25) is 0 Å². The standard InChI is InChI=1S/C13H19NOS/c1-5-14(6-2)13-8-7-11(16-4)9-12(13)10(3)15/h7-9,15H,3,5-6H2,1-2,4H3. The van der Waals surface area contributed by atoms with Gasteiger partial charge in [-0.25, -0.2) is 0 Å². The predicted molar refractivity (Wildman–Crippen MR) is 73.4 cm³/mol. The van der Waals surface area contributed by atoms with Crippen LogP contribution >= 0.6 is 11.8 Å². The van der Waals surface area contributed by atoms with E-state index in [4.69, 9.17) is 0 Å². The zero-order chi connectivity index (χ0) is 12.1. The second-order valence-corrected chi connectivity index (χ2v) is 4.38. The van der Waals surface area contributed by atoms with Gasteiger partial charge in [0.15, 0.2) is 0 Å². The van der Waals surface area contributed by atoms with Crippen molar-refractivity contribution < 1.29 is 5.11 Å². The highest BCUT2D eigenvalue weighted by atomic mass is 32.2. The highest BCUT2D eigenvalue weighted by Gasteiger charge is 2.11. The van der Waals surface area contributed by atoms with Crippen molar-refractivity contribution in [3.63, 3.8) is 0 Å². The Morgan fingerprint density at radius 2 is 2.00 bits per heavy atom. The summed E-state index contributed by atoms with van der Waals surface area (Å²) in [5.74, 6) is 0.137. The largest absolute Gasteiger partial charge is 0.508 e. The van der Waals surface area contributed by atoms with Gasteiger partial charge in [0.2, 0.25) is 0 Å². The first kappa shape index (κ1) is 13.0. The number of aliphatic hydroxyl groups excluding tert-OH is 1. The molecule has 1 rings (SSSR count). The molecule has 0 bridgehead atoms. The SMILES string of the molecule is C=C(O)c1cc(SC)ccc1N(CC)CC. The molecule has 1 N–H and O–H groups in total. The van der Waals surface area contributed by atoms with Crippen LogP contribution in [0.3, 0.4) is 0 Å². The average molecular weight is 237 g/mol. The number of hydrogen-bond acceptors (Lipinski definition) is 3. The van der Waals surface area contributed by atoms with Gasteiger partial charge >= 0.3 is 0 Å². The molecule has 0 aliphatic heterocycles. The molecule has 0 amide bonds. The topological polar surface area (TPSA) is 23.5 Å². The van der Waals surface area contributed by atoms with Gasteiger partial charge in [-0.15, -0.1) is 11.8 Å². The van der Waals surface area contributed by atoms with Gasteiger partial charge < -0.3 is 10.0 Å². The number of aliphatic hydroxyl groups is 1. The lowest BCUT2D eigenvalue weighted by Gasteiger charge is -2.24. The van der Waals surface area contributed by atoms with Crippen LogP contribution in [0, 0.1) is 0 Å².